The van der Waals surface area contributed by atoms with Gasteiger partial charge >= 0.3 is 0 Å². The molecule has 3 nitrogen and oxygen atoms in total. The molecule has 0 amide bonds. The third kappa shape index (κ3) is 2.97. The molecule has 0 fully saturated rings. The predicted molar refractivity (Wildman–Crippen MR) is 95.8 cm³/mol. The molecule has 0 saturated carbocycles. The number of hydrogen-bond donors (Lipinski definition) is 1. The molecule has 0 saturated heterocycles. The van der Waals surface area contributed by atoms with Gasteiger partial charge in [-0.25, -0.2) is 4.39 Å². The summed E-state index contributed by atoms with van der Waals surface area (Å²) in [5.41, 5.74) is 7.38. The Kier molecular flexibility index (Phi) is 4.74. The van der Waals surface area contributed by atoms with Crippen LogP contribution in [0.5, 0.6) is 0 Å². The van der Waals surface area contributed by atoms with Gasteiger partial charge in [-0.2, -0.15) is 5.26 Å². The maximum Gasteiger partial charge on any atom is 0.177 e. The SMILES string of the molecule is N#CC1=C(N)S[C@@H](C(=O)c2ccccc2)[C@H]1c1ccc(Br)c(F)c1. The Hall–Kier alpha value is -2.10. The van der Waals surface area contributed by atoms with Crippen LogP contribution >= 0.6 is 27.7 Å². The number of carbonyl (C=O) groups is 1. The van der Waals surface area contributed by atoms with Crippen molar-refractivity contribution in [2.24, 2.45) is 5.73 Å². The zero-order valence-electron chi connectivity index (χ0n) is 12.4. The zero-order valence-corrected chi connectivity index (χ0v) is 14.8. The Morgan fingerprint density at radius 2 is 1.96 bits per heavy atom. The topological polar surface area (TPSA) is 66.9 Å². The molecule has 0 aromatic heterocycles. The molecule has 24 heavy (non-hydrogen) atoms. The van der Waals surface area contributed by atoms with Crippen molar-refractivity contribution in [3.05, 3.63) is 80.5 Å². The number of Topliss-reactive ketones (excluding diaryl/α,β-unsaturated/α-hetero) is 1. The fourth-order valence-electron chi connectivity index (χ4n) is 2.72. The summed E-state index contributed by atoms with van der Waals surface area (Å²) in [6.07, 6.45) is 0. The molecule has 2 aromatic carbocycles. The standard InChI is InChI=1S/C18H12BrFN2OS/c19-13-7-6-11(8-14(13)20)15-12(9-21)18(22)24-17(15)16(23)10-4-2-1-3-5-10/h1-8,15,17H,22H2/t15-,17+/m0/s1. The van der Waals surface area contributed by atoms with Crippen molar-refractivity contribution in [1.82, 2.24) is 0 Å². The summed E-state index contributed by atoms with van der Waals surface area (Å²) >= 11 is 4.28. The second kappa shape index (κ2) is 6.80. The van der Waals surface area contributed by atoms with Crippen LogP contribution in [0.15, 0.2) is 63.6 Å². The third-order valence-electron chi connectivity index (χ3n) is 3.87. The predicted octanol–water partition coefficient (Wildman–Crippen LogP) is 4.36. The van der Waals surface area contributed by atoms with Gasteiger partial charge in [-0.15, -0.1) is 0 Å². The summed E-state index contributed by atoms with van der Waals surface area (Å²) in [5.74, 6) is -1.12. The van der Waals surface area contributed by atoms with E-state index in [1.54, 1.807) is 36.4 Å². The summed E-state index contributed by atoms with van der Waals surface area (Å²) in [5, 5.41) is 9.19. The number of carbonyl (C=O) groups excluding carboxylic acids is 1. The summed E-state index contributed by atoms with van der Waals surface area (Å²) in [4.78, 5) is 12.9. The minimum absolute atomic E-state index is 0.123. The van der Waals surface area contributed by atoms with Gasteiger partial charge in [-0.1, -0.05) is 48.2 Å². The lowest BCUT2D eigenvalue weighted by molar-refractivity contribution is 0.0985. The lowest BCUT2D eigenvalue weighted by Crippen LogP contribution is -2.23. The van der Waals surface area contributed by atoms with Crippen molar-refractivity contribution in [2.75, 3.05) is 0 Å². The lowest BCUT2D eigenvalue weighted by atomic mass is 9.86. The highest BCUT2D eigenvalue weighted by Gasteiger charge is 2.41. The molecule has 0 bridgehead atoms. The molecule has 1 aliphatic heterocycles. The summed E-state index contributed by atoms with van der Waals surface area (Å²) < 4.78 is 14.3. The average molecular weight is 403 g/mol. The number of hydrogen-bond acceptors (Lipinski definition) is 4. The zero-order chi connectivity index (χ0) is 17.3. The monoisotopic (exact) mass is 402 g/mol. The summed E-state index contributed by atoms with van der Waals surface area (Å²) in [6.45, 7) is 0. The highest BCUT2D eigenvalue weighted by atomic mass is 79.9. The molecule has 2 aromatic rings. The Morgan fingerprint density at radius 1 is 1.25 bits per heavy atom. The van der Waals surface area contributed by atoms with Gasteiger partial charge in [0.1, 0.15) is 5.82 Å². The fourth-order valence-corrected chi connectivity index (χ4v) is 4.21. The highest BCUT2D eigenvalue weighted by Crippen LogP contribution is 2.47. The molecule has 0 spiro atoms. The minimum Gasteiger partial charge on any atom is -0.393 e. The summed E-state index contributed by atoms with van der Waals surface area (Å²) in [7, 11) is 0. The second-order valence-electron chi connectivity index (χ2n) is 5.31. The first-order valence-corrected chi connectivity index (χ1v) is 8.80. The average Bonchev–Trinajstić information content (AvgIpc) is 2.93. The van der Waals surface area contributed by atoms with E-state index in [0.29, 0.717) is 26.2 Å². The van der Waals surface area contributed by atoms with E-state index < -0.39 is 17.0 Å². The molecular weight excluding hydrogens is 391 g/mol. The fraction of sp³-hybridized carbons (Fsp3) is 0.111. The minimum atomic E-state index is -0.581. The van der Waals surface area contributed by atoms with Crippen LogP contribution in [0.1, 0.15) is 21.8 Å². The number of rotatable bonds is 3. The van der Waals surface area contributed by atoms with Crippen molar-refractivity contribution in [1.29, 1.82) is 5.26 Å². The molecule has 2 atom stereocenters. The summed E-state index contributed by atoms with van der Waals surface area (Å²) in [6, 6.07) is 15.5. The van der Waals surface area contributed by atoms with Gasteiger partial charge < -0.3 is 5.73 Å². The Morgan fingerprint density at radius 3 is 2.58 bits per heavy atom. The van der Waals surface area contributed by atoms with E-state index >= 15 is 0 Å². The molecule has 0 unspecified atom stereocenters. The van der Waals surface area contributed by atoms with Crippen molar-refractivity contribution in [2.45, 2.75) is 11.2 Å². The van der Waals surface area contributed by atoms with Crippen LogP contribution in [0, 0.1) is 17.1 Å². The smallest absolute Gasteiger partial charge is 0.177 e. The number of nitrogens with two attached hydrogens (primary N) is 1. The number of halogens is 2. The first-order valence-electron chi connectivity index (χ1n) is 7.13. The molecule has 1 aliphatic rings. The molecule has 2 N–H and O–H groups in total. The largest absolute Gasteiger partial charge is 0.393 e. The van der Waals surface area contributed by atoms with Gasteiger partial charge in [-0.3, -0.25) is 4.79 Å². The van der Waals surface area contributed by atoms with Crippen LogP contribution in [0.25, 0.3) is 0 Å². The molecular formula is C18H12BrFN2OS. The van der Waals surface area contributed by atoms with E-state index in [0.717, 1.165) is 0 Å². The Bertz CT molecular complexity index is 876. The van der Waals surface area contributed by atoms with Gasteiger partial charge in [0.2, 0.25) is 0 Å². The number of ketones is 1. The number of allylic oxidation sites excluding steroid dienone is 1. The van der Waals surface area contributed by atoms with E-state index in [1.807, 2.05) is 6.07 Å². The lowest BCUT2D eigenvalue weighted by Gasteiger charge is -2.19. The van der Waals surface area contributed by atoms with E-state index in [4.69, 9.17) is 5.73 Å². The van der Waals surface area contributed by atoms with E-state index in [-0.39, 0.29) is 5.78 Å². The molecule has 0 radical (unpaired) electrons. The number of thioether (sulfide) groups is 1. The number of nitrogens with zero attached hydrogens (tertiary/aromatic N) is 1. The highest BCUT2D eigenvalue weighted by molar-refractivity contribution is 9.10. The number of benzene rings is 2. The van der Waals surface area contributed by atoms with Gasteiger partial charge in [-0.05, 0) is 33.6 Å². The maximum absolute atomic E-state index is 13.9. The molecule has 6 heteroatoms. The maximum atomic E-state index is 13.9. The first-order chi connectivity index (χ1) is 11.5. The van der Waals surface area contributed by atoms with Crippen LogP contribution < -0.4 is 5.73 Å². The number of nitriles is 1. The van der Waals surface area contributed by atoms with Crippen LogP contribution in [0.4, 0.5) is 4.39 Å². The third-order valence-corrected chi connectivity index (χ3v) is 5.73. The Balaban J connectivity index is 2.05. The van der Waals surface area contributed by atoms with Crippen LogP contribution in [-0.2, 0) is 0 Å². The van der Waals surface area contributed by atoms with Crippen molar-refractivity contribution < 1.29 is 9.18 Å². The van der Waals surface area contributed by atoms with Gasteiger partial charge in [0.15, 0.2) is 5.78 Å². The van der Waals surface area contributed by atoms with Crippen molar-refractivity contribution in [3.63, 3.8) is 0 Å². The Labute approximate surface area is 151 Å². The van der Waals surface area contributed by atoms with Crippen LogP contribution in [0.3, 0.4) is 0 Å². The molecule has 3 rings (SSSR count). The van der Waals surface area contributed by atoms with Crippen LogP contribution in [-0.4, -0.2) is 11.0 Å². The van der Waals surface area contributed by atoms with Crippen LogP contribution in [0.2, 0.25) is 0 Å². The van der Waals surface area contributed by atoms with Gasteiger partial charge in [0.05, 0.1) is 26.4 Å². The van der Waals surface area contributed by atoms with Crippen molar-refractivity contribution in [3.8, 4) is 6.07 Å². The van der Waals surface area contributed by atoms with E-state index in [1.165, 1.54) is 17.8 Å². The normalized spacial score (nSPS) is 20.0. The second-order valence-corrected chi connectivity index (χ2v) is 7.35. The van der Waals surface area contributed by atoms with E-state index in [2.05, 4.69) is 22.0 Å². The molecule has 120 valence electrons. The van der Waals surface area contributed by atoms with Gasteiger partial charge in [0, 0.05) is 11.5 Å². The first kappa shape index (κ1) is 16.7. The van der Waals surface area contributed by atoms with Gasteiger partial charge in [0.25, 0.3) is 0 Å². The van der Waals surface area contributed by atoms with E-state index in [9.17, 15) is 14.4 Å². The quantitative estimate of drug-likeness (QED) is 0.774. The van der Waals surface area contributed by atoms with Crippen molar-refractivity contribution >= 4 is 33.5 Å². The molecule has 0 aliphatic carbocycles. The molecule has 1 heterocycles.